The molecule has 0 aromatic carbocycles. The van der Waals surface area contributed by atoms with Gasteiger partial charge in [0, 0.05) is 5.57 Å². The van der Waals surface area contributed by atoms with Crippen molar-refractivity contribution in [1.82, 2.24) is 0 Å². The SMILES string of the molecule is C=C(C)C(=O)O.NOC(=O)CCO.NOC(=O)CCO. The van der Waals surface area contributed by atoms with Crippen LogP contribution < -0.4 is 11.8 Å². The molecule has 0 aromatic heterocycles. The second kappa shape index (κ2) is 17.0. The highest BCUT2D eigenvalue weighted by Crippen LogP contribution is 1.81. The second-order valence-corrected chi connectivity index (χ2v) is 3.01. The highest BCUT2D eigenvalue weighted by atomic mass is 16.7. The zero-order valence-electron chi connectivity index (χ0n) is 11.1. The summed E-state index contributed by atoms with van der Waals surface area (Å²) in [5.74, 6) is 6.67. The minimum atomic E-state index is -0.935. The first-order chi connectivity index (χ1) is 9.26. The number of aliphatic hydroxyl groups excluding tert-OH is 2. The van der Waals surface area contributed by atoms with Crippen molar-refractivity contribution in [1.29, 1.82) is 0 Å². The van der Waals surface area contributed by atoms with Crippen LogP contribution in [0.2, 0.25) is 0 Å². The quantitative estimate of drug-likeness (QED) is 0.287. The number of carboxylic acid groups (broad SMARTS) is 1. The molecule has 0 aliphatic carbocycles. The third-order valence-electron chi connectivity index (χ3n) is 1.26. The second-order valence-electron chi connectivity index (χ2n) is 3.01. The molecule has 118 valence electrons. The first-order valence-electron chi connectivity index (χ1n) is 5.16. The number of aliphatic carboxylic acids is 1. The molecular weight excluding hydrogens is 276 g/mol. The topological polar surface area (TPSA) is 182 Å². The van der Waals surface area contributed by atoms with Crippen molar-refractivity contribution < 1.29 is 39.4 Å². The van der Waals surface area contributed by atoms with Crippen LogP contribution in [-0.2, 0) is 24.1 Å². The summed E-state index contributed by atoms with van der Waals surface area (Å²) in [6.45, 7) is 4.18. The number of hydrogen-bond donors (Lipinski definition) is 5. The summed E-state index contributed by atoms with van der Waals surface area (Å²) in [6.07, 6.45) is -0.0625. The molecule has 0 aliphatic heterocycles. The zero-order valence-corrected chi connectivity index (χ0v) is 11.1. The van der Waals surface area contributed by atoms with Gasteiger partial charge in [0.05, 0.1) is 26.1 Å². The molecule has 10 nitrogen and oxygen atoms in total. The Morgan fingerprint density at radius 3 is 1.30 bits per heavy atom. The molecule has 0 amide bonds. The lowest BCUT2D eigenvalue weighted by Crippen LogP contribution is -2.10. The molecule has 0 heterocycles. The van der Waals surface area contributed by atoms with Gasteiger partial charge in [0.15, 0.2) is 0 Å². The maximum absolute atomic E-state index is 9.90. The maximum Gasteiger partial charge on any atom is 0.330 e. The van der Waals surface area contributed by atoms with Crippen LogP contribution in [-0.4, -0.2) is 46.4 Å². The summed E-state index contributed by atoms with van der Waals surface area (Å²) in [5, 5.41) is 23.9. The average molecular weight is 296 g/mol. The lowest BCUT2D eigenvalue weighted by molar-refractivity contribution is -0.145. The summed E-state index contributed by atoms with van der Waals surface area (Å²) < 4.78 is 0. The number of carbonyl (C=O) groups excluding carboxylic acids is 2. The van der Waals surface area contributed by atoms with Crippen LogP contribution in [0.1, 0.15) is 19.8 Å². The van der Waals surface area contributed by atoms with Gasteiger partial charge in [-0.2, -0.15) is 11.8 Å². The van der Waals surface area contributed by atoms with Crippen LogP contribution in [0.4, 0.5) is 0 Å². The summed E-state index contributed by atoms with van der Waals surface area (Å²) in [5.41, 5.74) is 0.176. The van der Waals surface area contributed by atoms with Crippen molar-refractivity contribution >= 4 is 17.9 Å². The van der Waals surface area contributed by atoms with Crippen molar-refractivity contribution in [2.45, 2.75) is 19.8 Å². The van der Waals surface area contributed by atoms with E-state index in [1.165, 1.54) is 6.92 Å². The van der Waals surface area contributed by atoms with E-state index in [-0.39, 0.29) is 31.6 Å². The fourth-order valence-electron chi connectivity index (χ4n) is 0.300. The van der Waals surface area contributed by atoms with Crippen LogP contribution in [0.5, 0.6) is 0 Å². The Morgan fingerprint density at radius 2 is 1.25 bits per heavy atom. The first-order valence-corrected chi connectivity index (χ1v) is 5.16. The van der Waals surface area contributed by atoms with Crippen molar-refractivity contribution in [2.75, 3.05) is 13.2 Å². The fraction of sp³-hybridized carbons (Fsp3) is 0.500. The van der Waals surface area contributed by atoms with Gasteiger partial charge in [0.1, 0.15) is 0 Å². The number of nitrogens with two attached hydrogens (primary N) is 2. The molecule has 20 heavy (non-hydrogen) atoms. The molecule has 0 spiro atoms. The molecule has 0 saturated heterocycles. The Labute approximate surface area is 115 Å². The predicted molar refractivity (Wildman–Crippen MR) is 66.4 cm³/mol. The Kier molecular flexibility index (Phi) is 19.6. The van der Waals surface area contributed by atoms with Gasteiger partial charge in [-0.05, 0) is 6.92 Å². The van der Waals surface area contributed by atoms with E-state index < -0.39 is 17.9 Å². The lowest BCUT2D eigenvalue weighted by atomic mass is 10.4. The van der Waals surface area contributed by atoms with Crippen LogP contribution in [0.25, 0.3) is 0 Å². The minimum Gasteiger partial charge on any atom is -0.478 e. The van der Waals surface area contributed by atoms with E-state index in [1.54, 1.807) is 0 Å². The smallest absolute Gasteiger partial charge is 0.330 e. The number of hydrogen-bond acceptors (Lipinski definition) is 9. The van der Waals surface area contributed by atoms with Gasteiger partial charge in [-0.25, -0.2) is 4.79 Å². The molecule has 0 aliphatic rings. The van der Waals surface area contributed by atoms with Gasteiger partial charge in [-0.1, -0.05) is 6.58 Å². The summed E-state index contributed by atoms with van der Waals surface area (Å²) >= 11 is 0. The van der Waals surface area contributed by atoms with E-state index in [0.29, 0.717) is 0 Å². The maximum atomic E-state index is 9.90. The monoisotopic (exact) mass is 296 g/mol. The number of rotatable bonds is 5. The molecule has 0 unspecified atom stereocenters. The number of carbonyl (C=O) groups is 3. The largest absolute Gasteiger partial charge is 0.478 e. The Bertz CT molecular complexity index is 276. The third kappa shape index (κ3) is 25.0. The molecule has 0 rings (SSSR count). The zero-order chi connectivity index (χ0) is 16.6. The fourth-order valence-corrected chi connectivity index (χ4v) is 0.300. The van der Waals surface area contributed by atoms with E-state index in [0.717, 1.165) is 0 Å². The molecule has 0 radical (unpaired) electrons. The summed E-state index contributed by atoms with van der Waals surface area (Å²) in [4.78, 5) is 36.8. The standard InChI is InChI=1S/C4H6O2.2C3H7NO3/c1-3(2)4(5)6;2*4-7-3(6)1-2-5/h1H2,2H3,(H,5,6);2*5H,1-2,4H2. The van der Waals surface area contributed by atoms with Gasteiger partial charge >= 0.3 is 17.9 Å². The molecule has 0 fully saturated rings. The van der Waals surface area contributed by atoms with Crippen LogP contribution in [0.15, 0.2) is 12.2 Å². The van der Waals surface area contributed by atoms with Crippen LogP contribution in [0, 0.1) is 0 Å². The third-order valence-corrected chi connectivity index (χ3v) is 1.26. The van der Waals surface area contributed by atoms with Gasteiger partial charge in [0.2, 0.25) is 0 Å². The van der Waals surface area contributed by atoms with Gasteiger partial charge < -0.3 is 25.0 Å². The van der Waals surface area contributed by atoms with Gasteiger partial charge in [0.25, 0.3) is 0 Å². The minimum absolute atomic E-state index is 0.0312. The van der Waals surface area contributed by atoms with Crippen LogP contribution in [0.3, 0.4) is 0 Å². The molecule has 0 atom stereocenters. The van der Waals surface area contributed by atoms with Crippen molar-refractivity contribution in [2.24, 2.45) is 11.8 Å². The Morgan fingerprint density at radius 1 is 1.00 bits per heavy atom. The summed E-state index contributed by atoms with van der Waals surface area (Å²) in [6, 6.07) is 0. The van der Waals surface area contributed by atoms with Crippen molar-refractivity contribution in [3.63, 3.8) is 0 Å². The highest BCUT2D eigenvalue weighted by Gasteiger charge is 1.95. The Balaban J connectivity index is -0.000000218. The molecule has 0 saturated carbocycles. The van der Waals surface area contributed by atoms with Crippen molar-refractivity contribution in [3.8, 4) is 0 Å². The normalized spacial score (nSPS) is 8.05. The van der Waals surface area contributed by atoms with Crippen molar-refractivity contribution in [3.05, 3.63) is 12.2 Å². The van der Waals surface area contributed by atoms with E-state index in [4.69, 9.17) is 15.3 Å². The first kappa shape index (κ1) is 23.1. The van der Waals surface area contributed by atoms with E-state index in [9.17, 15) is 14.4 Å². The van der Waals surface area contributed by atoms with E-state index in [1.807, 2.05) is 0 Å². The lowest BCUT2D eigenvalue weighted by Gasteiger charge is -1.89. The van der Waals surface area contributed by atoms with Gasteiger partial charge in [-0.15, -0.1) is 0 Å². The molecule has 7 N–H and O–H groups in total. The van der Waals surface area contributed by atoms with E-state index in [2.05, 4.69) is 28.0 Å². The van der Waals surface area contributed by atoms with Gasteiger partial charge in [-0.3, -0.25) is 9.59 Å². The number of aliphatic hydroxyl groups is 2. The Hall–Kier alpha value is -2.01. The van der Waals surface area contributed by atoms with E-state index >= 15 is 0 Å². The molecular formula is C10H20N2O8. The predicted octanol–water partition coefficient (Wildman–Crippen LogP) is -1.78. The summed E-state index contributed by atoms with van der Waals surface area (Å²) in [7, 11) is 0. The van der Waals surface area contributed by atoms with Crippen LogP contribution >= 0.6 is 0 Å². The molecule has 10 heteroatoms. The molecule has 0 bridgehead atoms. The molecule has 0 aromatic rings. The highest BCUT2D eigenvalue weighted by molar-refractivity contribution is 5.84. The average Bonchev–Trinajstić information content (AvgIpc) is 2.40. The number of carboxylic acids is 1.